The van der Waals surface area contributed by atoms with Crippen LogP contribution in [0.25, 0.3) is 16.9 Å². The highest BCUT2D eigenvalue weighted by Crippen LogP contribution is 2.33. The lowest BCUT2D eigenvalue weighted by Crippen LogP contribution is -2.34. The number of hydrogen-bond donors (Lipinski definition) is 0. The standard InChI is InChI=1S/C21H26N4O2/c1-14-7-9-24(10-8-14)21-11-15(2)22-20-13-17(23-25(20)21)16-5-6-18(26-3)19(12-16)27-4/h5-6,11-14H,7-10H2,1-4H3. The molecule has 1 aliphatic rings. The van der Waals surface area contributed by atoms with Gasteiger partial charge in [0.1, 0.15) is 5.82 Å². The normalized spacial score (nSPS) is 15.3. The molecule has 0 saturated carbocycles. The van der Waals surface area contributed by atoms with Crippen molar-refractivity contribution in [2.45, 2.75) is 26.7 Å². The summed E-state index contributed by atoms with van der Waals surface area (Å²) in [5, 5.41) is 4.87. The molecule has 0 aliphatic carbocycles. The molecule has 0 unspecified atom stereocenters. The van der Waals surface area contributed by atoms with Gasteiger partial charge in [-0.05, 0) is 43.9 Å². The van der Waals surface area contributed by atoms with E-state index in [1.54, 1.807) is 14.2 Å². The van der Waals surface area contributed by atoms with Crippen LogP contribution in [-0.2, 0) is 0 Å². The highest BCUT2D eigenvalue weighted by molar-refractivity contribution is 5.68. The number of aromatic nitrogens is 3. The Morgan fingerprint density at radius 1 is 1.00 bits per heavy atom. The first-order chi connectivity index (χ1) is 13.1. The molecule has 3 aromatic rings. The Morgan fingerprint density at radius 2 is 1.74 bits per heavy atom. The summed E-state index contributed by atoms with van der Waals surface area (Å²) >= 11 is 0. The van der Waals surface area contributed by atoms with Gasteiger partial charge in [-0.25, -0.2) is 4.98 Å². The highest BCUT2D eigenvalue weighted by Gasteiger charge is 2.20. The summed E-state index contributed by atoms with van der Waals surface area (Å²) in [6.07, 6.45) is 2.43. The zero-order valence-corrected chi connectivity index (χ0v) is 16.4. The maximum Gasteiger partial charge on any atom is 0.161 e. The average molecular weight is 366 g/mol. The lowest BCUT2D eigenvalue weighted by molar-refractivity contribution is 0.355. The van der Waals surface area contributed by atoms with Crippen molar-refractivity contribution >= 4 is 11.5 Å². The minimum absolute atomic E-state index is 0.696. The Hall–Kier alpha value is -2.76. The molecule has 1 saturated heterocycles. The second-order valence-electron chi connectivity index (χ2n) is 7.29. The van der Waals surface area contributed by atoms with Crippen molar-refractivity contribution in [2.24, 2.45) is 5.92 Å². The maximum atomic E-state index is 5.44. The van der Waals surface area contributed by atoms with Crippen molar-refractivity contribution in [3.8, 4) is 22.8 Å². The van der Waals surface area contributed by atoms with Gasteiger partial charge in [-0.3, -0.25) is 0 Å². The summed E-state index contributed by atoms with van der Waals surface area (Å²) in [7, 11) is 3.28. The van der Waals surface area contributed by atoms with Crippen molar-refractivity contribution in [1.29, 1.82) is 0 Å². The number of anilines is 1. The Bertz CT molecular complexity index is 958. The van der Waals surface area contributed by atoms with Crippen LogP contribution in [0, 0.1) is 12.8 Å². The molecule has 6 nitrogen and oxygen atoms in total. The molecule has 0 radical (unpaired) electrons. The highest BCUT2D eigenvalue weighted by atomic mass is 16.5. The van der Waals surface area contributed by atoms with E-state index in [4.69, 9.17) is 14.6 Å². The lowest BCUT2D eigenvalue weighted by Gasteiger charge is -2.32. The van der Waals surface area contributed by atoms with Crippen LogP contribution in [0.5, 0.6) is 11.5 Å². The SMILES string of the molecule is COc1ccc(-c2cc3nc(C)cc(N4CCC(C)CC4)n3n2)cc1OC. The van der Waals surface area contributed by atoms with Gasteiger partial charge in [-0.15, -0.1) is 0 Å². The Labute approximate surface area is 159 Å². The van der Waals surface area contributed by atoms with E-state index in [9.17, 15) is 0 Å². The molecule has 1 aromatic carbocycles. The minimum Gasteiger partial charge on any atom is -0.493 e. The summed E-state index contributed by atoms with van der Waals surface area (Å²) in [6.45, 7) is 6.49. The van der Waals surface area contributed by atoms with E-state index < -0.39 is 0 Å². The molecule has 1 aliphatic heterocycles. The number of ether oxygens (including phenoxy) is 2. The number of piperidine rings is 1. The maximum absolute atomic E-state index is 5.44. The van der Waals surface area contributed by atoms with E-state index in [1.165, 1.54) is 12.8 Å². The molecule has 27 heavy (non-hydrogen) atoms. The summed E-state index contributed by atoms with van der Waals surface area (Å²) in [5.74, 6) is 3.32. The number of benzene rings is 1. The molecular weight excluding hydrogens is 340 g/mol. The van der Waals surface area contributed by atoms with Gasteiger partial charge in [0.2, 0.25) is 0 Å². The molecule has 4 rings (SSSR count). The molecule has 0 bridgehead atoms. The molecule has 0 atom stereocenters. The van der Waals surface area contributed by atoms with Crippen LogP contribution in [-0.4, -0.2) is 41.9 Å². The first kappa shape index (κ1) is 17.6. The van der Waals surface area contributed by atoms with Crippen LogP contribution >= 0.6 is 0 Å². The Balaban J connectivity index is 1.77. The van der Waals surface area contributed by atoms with Gasteiger partial charge in [0, 0.05) is 36.5 Å². The molecule has 0 amide bonds. The van der Waals surface area contributed by atoms with Crippen molar-refractivity contribution in [3.05, 3.63) is 36.0 Å². The Morgan fingerprint density at radius 3 is 2.44 bits per heavy atom. The van der Waals surface area contributed by atoms with E-state index in [0.29, 0.717) is 11.5 Å². The monoisotopic (exact) mass is 366 g/mol. The molecule has 142 valence electrons. The third-order valence-corrected chi connectivity index (χ3v) is 5.32. The number of aryl methyl sites for hydroxylation is 1. The van der Waals surface area contributed by atoms with E-state index in [2.05, 4.69) is 22.9 Å². The van der Waals surface area contributed by atoms with Crippen molar-refractivity contribution in [2.75, 3.05) is 32.2 Å². The summed E-state index contributed by atoms with van der Waals surface area (Å²) in [6, 6.07) is 10.0. The van der Waals surface area contributed by atoms with E-state index in [0.717, 1.165) is 47.4 Å². The van der Waals surface area contributed by atoms with Crippen LogP contribution < -0.4 is 14.4 Å². The fourth-order valence-electron chi connectivity index (χ4n) is 3.68. The molecule has 2 aromatic heterocycles. The van der Waals surface area contributed by atoms with Crippen LogP contribution in [0.1, 0.15) is 25.5 Å². The predicted molar refractivity (Wildman–Crippen MR) is 107 cm³/mol. The van der Waals surface area contributed by atoms with E-state index >= 15 is 0 Å². The van der Waals surface area contributed by atoms with Gasteiger partial charge in [0.25, 0.3) is 0 Å². The fourth-order valence-corrected chi connectivity index (χ4v) is 3.68. The fraction of sp³-hybridized carbons (Fsp3) is 0.429. The summed E-state index contributed by atoms with van der Waals surface area (Å²) in [5.41, 5.74) is 3.73. The molecule has 1 fully saturated rings. The number of fused-ring (bicyclic) bond motifs is 1. The molecule has 3 heterocycles. The second kappa shape index (κ2) is 7.10. The third-order valence-electron chi connectivity index (χ3n) is 5.32. The zero-order chi connectivity index (χ0) is 19.0. The van der Waals surface area contributed by atoms with Gasteiger partial charge in [0.05, 0.1) is 19.9 Å². The average Bonchev–Trinajstić information content (AvgIpc) is 3.11. The summed E-state index contributed by atoms with van der Waals surface area (Å²) < 4.78 is 12.7. The summed E-state index contributed by atoms with van der Waals surface area (Å²) in [4.78, 5) is 7.11. The predicted octanol–water partition coefficient (Wildman–Crippen LogP) is 3.96. The second-order valence-corrected chi connectivity index (χ2v) is 7.29. The minimum atomic E-state index is 0.696. The van der Waals surface area contributed by atoms with Crippen LogP contribution in [0.3, 0.4) is 0 Å². The van der Waals surface area contributed by atoms with Crippen LogP contribution in [0.15, 0.2) is 30.3 Å². The van der Waals surface area contributed by atoms with E-state index in [1.807, 2.05) is 35.7 Å². The van der Waals surface area contributed by atoms with Crippen molar-refractivity contribution < 1.29 is 9.47 Å². The Kier molecular flexibility index (Phi) is 4.64. The van der Waals surface area contributed by atoms with E-state index in [-0.39, 0.29) is 0 Å². The molecule has 6 heteroatoms. The first-order valence-electron chi connectivity index (χ1n) is 9.44. The lowest BCUT2D eigenvalue weighted by atomic mass is 9.99. The van der Waals surface area contributed by atoms with Crippen LogP contribution in [0.2, 0.25) is 0 Å². The third kappa shape index (κ3) is 3.31. The molecule has 0 N–H and O–H groups in total. The first-order valence-corrected chi connectivity index (χ1v) is 9.44. The van der Waals surface area contributed by atoms with Crippen molar-refractivity contribution in [1.82, 2.24) is 14.6 Å². The van der Waals surface area contributed by atoms with Gasteiger partial charge in [0.15, 0.2) is 17.1 Å². The number of methoxy groups -OCH3 is 2. The molecular formula is C21H26N4O2. The smallest absolute Gasteiger partial charge is 0.161 e. The van der Waals surface area contributed by atoms with Gasteiger partial charge < -0.3 is 14.4 Å². The van der Waals surface area contributed by atoms with Gasteiger partial charge in [-0.2, -0.15) is 9.61 Å². The van der Waals surface area contributed by atoms with Gasteiger partial charge >= 0.3 is 0 Å². The zero-order valence-electron chi connectivity index (χ0n) is 16.4. The number of nitrogens with zero attached hydrogens (tertiary/aromatic N) is 4. The largest absolute Gasteiger partial charge is 0.493 e. The van der Waals surface area contributed by atoms with Crippen molar-refractivity contribution in [3.63, 3.8) is 0 Å². The quantitative estimate of drug-likeness (QED) is 0.700. The van der Waals surface area contributed by atoms with Crippen LogP contribution in [0.4, 0.5) is 5.82 Å². The number of hydrogen-bond acceptors (Lipinski definition) is 5. The van der Waals surface area contributed by atoms with Gasteiger partial charge in [-0.1, -0.05) is 6.92 Å². The topological polar surface area (TPSA) is 51.9 Å². The number of rotatable bonds is 4. The molecule has 0 spiro atoms.